The second-order valence-electron chi connectivity index (χ2n) is 4.44. The monoisotopic (exact) mass is 370 g/mol. The van der Waals surface area contributed by atoms with Crippen LogP contribution >= 0.6 is 15.9 Å². The van der Waals surface area contributed by atoms with Crippen LogP contribution in [0.4, 0.5) is 0 Å². The van der Waals surface area contributed by atoms with Gasteiger partial charge in [0, 0.05) is 23.3 Å². The van der Waals surface area contributed by atoms with Crippen LogP contribution in [-0.4, -0.2) is 20.5 Å². The van der Waals surface area contributed by atoms with Gasteiger partial charge in [0.1, 0.15) is 0 Å². The predicted octanol–water partition coefficient (Wildman–Crippen LogP) is 2.64. The molecule has 1 aromatic carbocycles. The van der Waals surface area contributed by atoms with Crippen molar-refractivity contribution in [2.75, 3.05) is 7.11 Å². The van der Waals surface area contributed by atoms with Gasteiger partial charge in [0.25, 0.3) is 0 Å². The minimum atomic E-state index is -3.54. The topological polar surface area (TPSA) is 68.3 Å². The molecule has 1 heterocycles. The molecule has 0 amide bonds. The van der Waals surface area contributed by atoms with Crippen molar-refractivity contribution in [1.29, 1.82) is 0 Å². The van der Waals surface area contributed by atoms with E-state index in [1.807, 2.05) is 6.92 Å². The zero-order chi connectivity index (χ0) is 15.5. The fraction of sp³-hybridized carbons (Fsp3) is 0.214. The van der Waals surface area contributed by atoms with Gasteiger partial charge in [-0.05, 0) is 36.2 Å². The van der Waals surface area contributed by atoms with E-state index in [-0.39, 0.29) is 11.4 Å². The van der Waals surface area contributed by atoms with Gasteiger partial charge in [-0.1, -0.05) is 22.0 Å². The van der Waals surface area contributed by atoms with Crippen molar-refractivity contribution in [3.8, 4) is 5.88 Å². The Hall–Kier alpha value is -1.44. The lowest BCUT2D eigenvalue weighted by Crippen LogP contribution is -2.23. The van der Waals surface area contributed by atoms with Crippen LogP contribution in [0.3, 0.4) is 0 Å². The summed E-state index contributed by atoms with van der Waals surface area (Å²) in [6, 6.07) is 8.36. The number of benzene rings is 1. The largest absolute Gasteiger partial charge is 0.481 e. The second-order valence-corrected chi connectivity index (χ2v) is 7.07. The maximum Gasteiger partial charge on any atom is 0.240 e. The van der Waals surface area contributed by atoms with Gasteiger partial charge in [-0.25, -0.2) is 18.1 Å². The zero-order valence-corrected chi connectivity index (χ0v) is 14.0. The van der Waals surface area contributed by atoms with Crippen molar-refractivity contribution in [3.63, 3.8) is 0 Å². The van der Waals surface area contributed by atoms with Crippen LogP contribution in [0.5, 0.6) is 5.88 Å². The smallest absolute Gasteiger partial charge is 0.240 e. The molecule has 2 rings (SSSR count). The van der Waals surface area contributed by atoms with Crippen LogP contribution in [0.1, 0.15) is 11.1 Å². The van der Waals surface area contributed by atoms with E-state index in [0.29, 0.717) is 5.88 Å². The Labute approximate surface area is 132 Å². The lowest BCUT2D eigenvalue weighted by Gasteiger charge is -2.08. The highest BCUT2D eigenvalue weighted by molar-refractivity contribution is 9.10. The van der Waals surface area contributed by atoms with Crippen molar-refractivity contribution in [2.45, 2.75) is 18.4 Å². The number of aryl methyl sites for hydroxylation is 1. The highest BCUT2D eigenvalue weighted by Crippen LogP contribution is 2.20. The van der Waals surface area contributed by atoms with Gasteiger partial charge in [-0.2, -0.15) is 0 Å². The Kier molecular flexibility index (Phi) is 4.97. The summed E-state index contributed by atoms with van der Waals surface area (Å²) in [5, 5.41) is 0. The van der Waals surface area contributed by atoms with E-state index in [9.17, 15) is 8.42 Å². The molecule has 0 aliphatic carbocycles. The molecule has 0 spiro atoms. The molecule has 0 radical (unpaired) electrons. The molecule has 0 aliphatic rings. The summed E-state index contributed by atoms with van der Waals surface area (Å²) in [6.45, 7) is 2.02. The first kappa shape index (κ1) is 15.9. The number of rotatable bonds is 5. The summed E-state index contributed by atoms with van der Waals surface area (Å²) in [4.78, 5) is 4.27. The highest BCUT2D eigenvalue weighted by atomic mass is 79.9. The van der Waals surface area contributed by atoms with Crippen molar-refractivity contribution >= 4 is 26.0 Å². The average molecular weight is 371 g/mol. The molecule has 0 saturated heterocycles. The summed E-state index contributed by atoms with van der Waals surface area (Å²) in [6.07, 6.45) is 1.58. The quantitative estimate of drug-likeness (QED) is 0.878. The number of nitrogens with zero attached hydrogens (tertiary/aromatic N) is 1. The molecule has 7 heteroatoms. The average Bonchev–Trinajstić information content (AvgIpc) is 2.48. The van der Waals surface area contributed by atoms with Crippen LogP contribution in [0, 0.1) is 6.92 Å². The van der Waals surface area contributed by atoms with E-state index < -0.39 is 10.0 Å². The fourth-order valence-electron chi connectivity index (χ4n) is 1.68. The number of ether oxygens (including phenoxy) is 1. The molecule has 2 aromatic rings. The molecule has 112 valence electrons. The number of aromatic nitrogens is 1. The van der Waals surface area contributed by atoms with Crippen LogP contribution in [0.25, 0.3) is 0 Å². The normalized spacial score (nSPS) is 11.4. The second kappa shape index (κ2) is 6.55. The maximum atomic E-state index is 12.2. The van der Waals surface area contributed by atoms with Gasteiger partial charge < -0.3 is 4.74 Å². The highest BCUT2D eigenvalue weighted by Gasteiger charge is 2.14. The first-order chi connectivity index (χ1) is 9.92. The molecular weight excluding hydrogens is 356 g/mol. The molecule has 0 bridgehead atoms. The molecule has 0 aliphatic heterocycles. The number of sulfonamides is 1. The first-order valence-electron chi connectivity index (χ1n) is 6.17. The molecule has 5 nitrogen and oxygen atoms in total. The van der Waals surface area contributed by atoms with Crippen molar-refractivity contribution < 1.29 is 13.2 Å². The molecule has 0 unspecified atom stereocenters. The fourth-order valence-corrected chi connectivity index (χ4v) is 3.03. The van der Waals surface area contributed by atoms with Crippen LogP contribution < -0.4 is 9.46 Å². The van der Waals surface area contributed by atoms with Gasteiger partial charge in [0.15, 0.2) is 0 Å². The molecule has 0 saturated carbocycles. The van der Waals surface area contributed by atoms with E-state index in [1.54, 1.807) is 36.5 Å². The lowest BCUT2D eigenvalue weighted by molar-refractivity contribution is 0.397. The number of hydrogen-bond donors (Lipinski definition) is 1. The van der Waals surface area contributed by atoms with Gasteiger partial charge in [0.05, 0.1) is 12.0 Å². The Morgan fingerprint density at radius 2 is 2.05 bits per heavy atom. The molecular formula is C14H15BrN2O3S. The predicted molar refractivity (Wildman–Crippen MR) is 83.7 cm³/mol. The Morgan fingerprint density at radius 3 is 2.62 bits per heavy atom. The van der Waals surface area contributed by atoms with Gasteiger partial charge >= 0.3 is 0 Å². The number of pyridine rings is 1. The maximum absolute atomic E-state index is 12.2. The van der Waals surface area contributed by atoms with Gasteiger partial charge in [-0.15, -0.1) is 0 Å². The van der Waals surface area contributed by atoms with E-state index in [0.717, 1.165) is 15.6 Å². The summed E-state index contributed by atoms with van der Waals surface area (Å²) >= 11 is 3.35. The molecule has 0 fully saturated rings. The van der Waals surface area contributed by atoms with Crippen molar-refractivity contribution in [2.24, 2.45) is 0 Å². The summed E-state index contributed by atoms with van der Waals surface area (Å²) in [5.41, 5.74) is 1.62. The Balaban J connectivity index is 2.11. The van der Waals surface area contributed by atoms with Crippen LogP contribution in [-0.2, 0) is 16.6 Å². The van der Waals surface area contributed by atoms with E-state index in [4.69, 9.17) is 4.74 Å². The third-order valence-corrected chi connectivity index (χ3v) is 5.20. The van der Waals surface area contributed by atoms with Gasteiger partial charge in [-0.3, -0.25) is 0 Å². The van der Waals surface area contributed by atoms with E-state index >= 15 is 0 Å². The minimum absolute atomic E-state index is 0.175. The first-order valence-corrected chi connectivity index (χ1v) is 8.45. The summed E-state index contributed by atoms with van der Waals surface area (Å²) in [7, 11) is -2.01. The number of methoxy groups -OCH3 is 1. The van der Waals surface area contributed by atoms with Crippen molar-refractivity contribution in [3.05, 3.63) is 52.1 Å². The SMILES string of the molecule is COc1ccc(CNS(=O)(=O)c2ccc(Br)c(C)c2)cn1. The van der Waals surface area contributed by atoms with Gasteiger partial charge in [0.2, 0.25) is 15.9 Å². The molecule has 1 N–H and O–H groups in total. The summed E-state index contributed by atoms with van der Waals surface area (Å²) in [5.74, 6) is 0.491. The van der Waals surface area contributed by atoms with Crippen LogP contribution in [0.2, 0.25) is 0 Å². The number of nitrogens with one attached hydrogen (secondary N) is 1. The Bertz CT molecular complexity index is 730. The number of hydrogen-bond acceptors (Lipinski definition) is 4. The third-order valence-electron chi connectivity index (χ3n) is 2.91. The summed E-state index contributed by atoms with van der Waals surface area (Å²) < 4.78 is 32.8. The minimum Gasteiger partial charge on any atom is -0.481 e. The standard InChI is InChI=1S/C14H15BrN2O3S/c1-10-7-12(4-5-13(10)15)21(18,19)17-9-11-3-6-14(20-2)16-8-11/h3-8,17H,9H2,1-2H3. The zero-order valence-electron chi connectivity index (χ0n) is 11.6. The van der Waals surface area contributed by atoms with E-state index in [2.05, 4.69) is 25.6 Å². The molecule has 1 aromatic heterocycles. The van der Waals surface area contributed by atoms with E-state index in [1.165, 1.54) is 7.11 Å². The molecule has 0 atom stereocenters. The number of halogens is 1. The lowest BCUT2D eigenvalue weighted by atomic mass is 10.2. The molecule has 21 heavy (non-hydrogen) atoms. The van der Waals surface area contributed by atoms with Crippen molar-refractivity contribution in [1.82, 2.24) is 9.71 Å². The third kappa shape index (κ3) is 4.03. The Morgan fingerprint density at radius 1 is 1.29 bits per heavy atom. The van der Waals surface area contributed by atoms with Crippen LogP contribution in [0.15, 0.2) is 45.9 Å².